The van der Waals surface area contributed by atoms with Crippen molar-refractivity contribution in [2.75, 3.05) is 26.4 Å². The molecule has 0 radical (unpaired) electrons. The number of aliphatic hydroxyl groups is 4. The summed E-state index contributed by atoms with van der Waals surface area (Å²) in [5.74, 6) is 0. The van der Waals surface area contributed by atoms with Crippen molar-refractivity contribution in [2.45, 2.75) is 16.5 Å². The smallest absolute Gasteiger partial charge is 0.180 e. The molecule has 0 heterocycles. The van der Waals surface area contributed by atoms with Crippen molar-refractivity contribution in [3.63, 3.8) is 0 Å². The van der Waals surface area contributed by atoms with E-state index >= 15 is 0 Å². The normalized spacial score (nSPS) is 14.4. The monoisotopic (exact) mass is 284 g/mol. The van der Waals surface area contributed by atoms with E-state index in [1.807, 2.05) is 0 Å². The van der Waals surface area contributed by atoms with Crippen LogP contribution in [-0.4, -0.2) is 63.4 Å². The van der Waals surface area contributed by atoms with Crippen LogP contribution in [0.1, 0.15) is 0 Å². The third-order valence-electron chi connectivity index (χ3n) is 1.04. The van der Waals surface area contributed by atoms with Gasteiger partial charge in [0.2, 0.25) is 0 Å². The Hall–Kier alpha value is 0.670. The third-order valence-corrected chi connectivity index (χ3v) is 1.04. The molecule has 4 N–H and O–H groups in total. The van der Waals surface area contributed by atoms with Gasteiger partial charge in [-0.2, -0.15) is 0 Å². The molecule has 0 fully saturated rings. The lowest BCUT2D eigenvalue weighted by atomic mass is 10.4. The minimum atomic E-state index is -0.916. The molecule has 8 heteroatoms. The van der Waals surface area contributed by atoms with Crippen LogP contribution < -0.4 is 0 Å². The van der Waals surface area contributed by atoms with Gasteiger partial charge in [0.1, 0.15) is 12.2 Å². The summed E-state index contributed by atoms with van der Waals surface area (Å²) >= 11 is 14.4. The lowest BCUT2D eigenvalue weighted by molar-refractivity contribution is -0.0364. The topological polar surface area (TPSA) is 90.2 Å². The van der Waals surface area contributed by atoms with Crippen molar-refractivity contribution in [2.24, 2.45) is 0 Å². The van der Waals surface area contributed by atoms with Gasteiger partial charge < -0.3 is 25.2 Å². The number of aliphatic hydroxyl groups excluding tert-OH is 4. The van der Waals surface area contributed by atoms with E-state index in [4.69, 9.17) is 60.0 Å². The molecule has 0 aromatic rings. The Balaban J connectivity index is 0. The summed E-state index contributed by atoms with van der Waals surface area (Å²) in [6, 6.07) is 0. The van der Waals surface area contributed by atoms with Gasteiger partial charge in [-0.3, -0.25) is 0 Å². The van der Waals surface area contributed by atoms with Gasteiger partial charge in [0.15, 0.2) is 4.30 Å². The zero-order valence-corrected chi connectivity index (χ0v) is 10.2. The van der Waals surface area contributed by atoms with Crippen molar-refractivity contribution in [1.82, 2.24) is 0 Å². The molecule has 0 aliphatic rings. The van der Waals surface area contributed by atoms with Crippen LogP contribution in [0.25, 0.3) is 0 Å². The molecule has 0 aliphatic carbocycles. The van der Waals surface area contributed by atoms with Crippen molar-refractivity contribution in [1.29, 1.82) is 0 Å². The predicted octanol–water partition coefficient (Wildman–Crippen LogP) is -0.304. The first kappa shape index (κ1) is 18.0. The third kappa shape index (κ3) is 20.7. The molecular formula is C7H15Cl3O5. The standard InChI is InChI=1S/C6H14O5.CHCl3/c7-1-5(9)3-11-4-6(10)2-8;2-1(3)4/h5-10H,1-4H2;1H. The Kier molecular flexibility index (Phi) is 15.3. The van der Waals surface area contributed by atoms with Gasteiger partial charge in [0, 0.05) is 0 Å². The first-order chi connectivity index (χ1) is 6.93. The van der Waals surface area contributed by atoms with Crippen LogP contribution in [-0.2, 0) is 4.74 Å². The van der Waals surface area contributed by atoms with Crippen LogP contribution in [0.15, 0.2) is 0 Å². The predicted molar refractivity (Wildman–Crippen MR) is 58.4 cm³/mol. The van der Waals surface area contributed by atoms with Gasteiger partial charge in [0.05, 0.1) is 26.4 Å². The summed E-state index contributed by atoms with van der Waals surface area (Å²) in [6.07, 6.45) is -1.83. The van der Waals surface area contributed by atoms with Gasteiger partial charge in [-0.15, -0.1) is 0 Å². The van der Waals surface area contributed by atoms with E-state index in [-0.39, 0.29) is 26.4 Å². The second-order valence-electron chi connectivity index (χ2n) is 2.46. The van der Waals surface area contributed by atoms with E-state index in [1.54, 1.807) is 0 Å². The molecule has 0 aromatic heterocycles. The second-order valence-corrected chi connectivity index (χ2v) is 4.44. The molecule has 0 rings (SSSR count). The van der Waals surface area contributed by atoms with E-state index < -0.39 is 16.5 Å². The molecule has 0 amide bonds. The molecule has 2 atom stereocenters. The highest BCUT2D eigenvalue weighted by molar-refractivity contribution is 6.63. The lowest BCUT2D eigenvalue weighted by Crippen LogP contribution is -2.25. The molecular weight excluding hydrogens is 270 g/mol. The highest BCUT2D eigenvalue weighted by Gasteiger charge is 2.04. The fraction of sp³-hybridized carbons (Fsp3) is 1.00. The maximum absolute atomic E-state index is 8.72. The number of hydrogen-bond acceptors (Lipinski definition) is 5. The fourth-order valence-electron chi connectivity index (χ4n) is 0.446. The molecule has 15 heavy (non-hydrogen) atoms. The SMILES string of the molecule is ClC(Cl)Cl.OCC(O)COCC(O)CO. The number of alkyl halides is 3. The summed E-state index contributed by atoms with van der Waals surface area (Å²) in [4.78, 5) is 0. The highest BCUT2D eigenvalue weighted by atomic mass is 35.6. The average molecular weight is 286 g/mol. The van der Waals surface area contributed by atoms with Crippen LogP contribution in [0.2, 0.25) is 0 Å². The first-order valence-electron chi connectivity index (χ1n) is 4.01. The fourth-order valence-corrected chi connectivity index (χ4v) is 0.446. The molecule has 0 saturated carbocycles. The Labute approximate surface area is 103 Å². The average Bonchev–Trinajstić information content (AvgIpc) is 2.16. The van der Waals surface area contributed by atoms with Crippen molar-refractivity contribution >= 4 is 34.8 Å². The van der Waals surface area contributed by atoms with Crippen LogP contribution in [0.5, 0.6) is 0 Å². The number of hydrogen-bond donors (Lipinski definition) is 4. The highest BCUT2D eigenvalue weighted by Crippen LogP contribution is 2.03. The zero-order valence-electron chi connectivity index (χ0n) is 7.89. The van der Waals surface area contributed by atoms with E-state index in [2.05, 4.69) is 0 Å². The summed E-state index contributed by atoms with van der Waals surface area (Å²) in [5, 5.41) is 34.1. The van der Waals surface area contributed by atoms with Crippen molar-refractivity contribution < 1.29 is 25.2 Å². The van der Waals surface area contributed by atoms with Gasteiger partial charge >= 0.3 is 0 Å². The molecule has 0 spiro atoms. The minimum Gasteiger partial charge on any atom is -0.394 e. The van der Waals surface area contributed by atoms with Crippen LogP contribution in [0.4, 0.5) is 0 Å². The second kappa shape index (κ2) is 12.7. The zero-order chi connectivity index (χ0) is 12.3. The van der Waals surface area contributed by atoms with E-state index in [9.17, 15) is 0 Å². The largest absolute Gasteiger partial charge is 0.394 e. The van der Waals surface area contributed by atoms with Gasteiger partial charge in [-0.05, 0) is 0 Å². The number of rotatable bonds is 6. The van der Waals surface area contributed by atoms with Crippen LogP contribution in [0.3, 0.4) is 0 Å². The number of halogens is 3. The molecule has 94 valence electrons. The van der Waals surface area contributed by atoms with Crippen molar-refractivity contribution in [3.8, 4) is 0 Å². The van der Waals surface area contributed by atoms with E-state index in [0.29, 0.717) is 0 Å². The van der Waals surface area contributed by atoms with Crippen LogP contribution >= 0.6 is 34.8 Å². The van der Waals surface area contributed by atoms with Crippen LogP contribution in [0, 0.1) is 0 Å². The first-order valence-corrected chi connectivity index (χ1v) is 5.32. The summed E-state index contributed by atoms with van der Waals surface area (Å²) < 4.78 is 3.97. The molecule has 0 aliphatic heterocycles. The quantitative estimate of drug-likeness (QED) is 0.503. The Morgan fingerprint density at radius 3 is 1.33 bits per heavy atom. The molecule has 0 aromatic carbocycles. The lowest BCUT2D eigenvalue weighted by Gasteiger charge is -2.10. The summed E-state index contributed by atoms with van der Waals surface area (Å²) in [7, 11) is 0. The van der Waals surface area contributed by atoms with Crippen molar-refractivity contribution in [3.05, 3.63) is 0 Å². The molecule has 5 nitrogen and oxygen atoms in total. The maximum Gasteiger partial charge on any atom is 0.180 e. The number of ether oxygens (including phenoxy) is 1. The Morgan fingerprint density at radius 2 is 1.13 bits per heavy atom. The minimum absolute atomic E-state index is 0.0342. The molecule has 0 bridgehead atoms. The summed E-state index contributed by atoms with van der Waals surface area (Å²) in [5.41, 5.74) is 0. The van der Waals surface area contributed by atoms with Gasteiger partial charge in [-0.25, -0.2) is 0 Å². The van der Waals surface area contributed by atoms with E-state index in [1.165, 1.54) is 0 Å². The van der Waals surface area contributed by atoms with Gasteiger partial charge in [-0.1, -0.05) is 34.8 Å². The molecule has 0 saturated heterocycles. The Morgan fingerprint density at radius 1 is 0.867 bits per heavy atom. The van der Waals surface area contributed by atoms with E-state index in [0.717, 1.165) is 0 Å². The van der Waals surface area contributed by atoms with Gasteiger partial charge in [0.25, 0.3) is 0 Å². The Bertz CT molecular complexity index is 114. The molecule has 2 unspecified atom stereocenters. The maximum atomic E-state index is 8.72. The summed E-state index contributed by atoms with van der Waals surface area (Å²) in [6.45, 7) is -0.800.